The molecule has 0 aromatic heterocycles. The Labute approximate surface area is 116 Å². The number of hydrogen-bond acceptors (Lipinski definition) is 3. The highest BCUT2D eigenvalue weighted by atomic mass is 16.5. The number of aryl methyl sites for hydroxylation is 1. The molecule has 3 heteroatoms. The van der Waals surface area contributed by atoms with Gasteiger partial charge in [0.25, 0.3) is 0 Å². The highest BCUT2D eigenvalue weighted by molar-refractivity contribution is 5.37. The Morgan fingerprint density at radius 2 is 2.11 bits per heavy atom. The van der Waals surface area contributed by atoms with Crippen LogP contribution >= 0.6 is 0 Å². The SMILES string of the molecule is CCc1ccc(OC)c(CN(C)CC2(CN)CC2)c1. The number of methoxy groups -OCH3 is 1. The number of benzene rings is 1. The summed E-state index contributed by atoms with van der Waals surface area (Å²) in [5.41, 5.74) is 8.89. The van der Waals surface area contributed by atoms with E-state index in [0.717, 1.165) is 31.8 Å². The van der Waals surface area contributed by atoms with Gasteiger partial charge in [0, 0.05) is 18.7 Å². The first-order valence-electron chi connectivity index (χ1n) is 7.17. The molecule has 19 heavy (non-hydrogen) atoms. The molecule has 1 aliphatic carbocycles. The van der Waals surface area contributed by atoms with E-state index in [0.29, 0.717) is 5.41 Å². The summed E-state index contributed by atoms with van der Waals surface area (Å²) in [4.78, 5) is 2.37. The fourth-order valence-corrected chi connectivity index (χ4v) is 2.70. The third-order valence-corrected chi connectivity index (χ3v) is 4.19. The Morgan fingerprint density at radius 3 is 2.63 bits per heavy atom. The van der Waals surface area contributed by atoms with Crippen molar-refractivity contribution in [3.05, 3.63) is 29.3 Å². The largest absolute Gasteiger partial charge is 0.496 e. The Balaban J connectivity index is 2.04. The van der Waals surface area contributed by atoms with E-state index in [2.05, 4.69) is 37.1 Å². The quantitative estimate of drug-likeness (QED) is 0.820. The van der Waals surface area contributed by atoms with Crippen molar-refractivity contribution in [3.8, 4) is 5.75 Å². The fraction of sp³-hybridized carbons (Fsp3) is 0.625. The minimum absolute atomic E-state index is 0.393. The van der Waals surface area contributed by atoms with Crippen molar-refractivity contribution in [3.63, 3.8) is 0 Å². The number of hydrogen-bond donors (Lipinski definition) is 1. The average Bonchev–Trinajstić information content (AvgIpc) is 3.18. The topological polar surface area (TPSA) is 38.5 Å². The Kier molecular flexibility index (Phi) is 4.48. The van der Waals surface area contributed by atoms with Crippen molar-refractivity contribution >= 4 is 0 Å². The zero-order valence-electron chi connectivity index (χ0n) is 12.4. The molecule has 2 N–H and O–H groups in total. The standard InChI is InChI=1S/C16H26N2O/c1-4-13-5-6-15(19-3)14(9-13)10-18(2)12-16(11-17)7-8-16/h5-6,9H,4,7-8,10-12,17H2,1-3H3. The second kappa shape index (κ2) is 5.93. The van der Waals surface area contributed by atoms with Crippen LogP contribution in [0.15, 0.2) is 18.2 Å². The summed E-state index contributed by atoms with van der Waals surface area (Å²) in [6, 6.07) is 6.49. The van der Waals surface area contributed by atoms with E-state index in [1.54, 1.807) is 7.11 Å². The molecule has 0 unspecified atom stereocenters. The lowest BCUT2D eigenvalue weighted by Crippen LogP contribution is -2.31. The van der Waals surface area contributed by atoms with Crippen molar-refractivity contribution in [2.24, 2.45) is 11.1 Å². The van der Waals surface area contributed by atoms with Gasteiger partial charge in [-0.15, -0.1) is 0 Å². The van der Waals surface area contributed by atoms with Gasteiger partial charge in [-0.25, -0.2) is 0 Å². The lowest BCUT2D eigenvalue weighted by Gasteiger charge is -2.23. The molecule has 0 saturated heterocycles. The molecule has 106 valence electrons. The first-order chi connectivity index (χ1) is 9.12. The number of rotatable bonds is 7. The van der Waals surface area contributed by atoms with Gasteiger partial charge in [0.05, 0.1) is 7.11 Å². The molecule has 1 aromatic rings. The Bertz CT molecular complexity index is 427. The van der Waals surface area contributed by atoms with Gasteiger partial charge in [-0.1, -0.05) is 19.1 Å². The first-order valence-corrected chi connectivity index (χ1v) is 7.17. The maximum atomic E-state index is 5.86. The molecule has 0 radical (unpaired) electrons. The molecule has 0 spiro atoms. The minimum Gasteiger partial charge on any atom is -0.496 e. The fourth-order valence-electron chi connectivity index (χ4n) is 2.70. The maximum absolute atomic E-state index is 5.86. The van der Waals surface area contributed by atoms with E-state index in [4.69, 9.17) is 10.5 Å². The van der Waals surface area contributed by atoms with Crippen LogP contribution in [0.25, 0.3) is 0 Å². The van der Waals surface area contributed by atoms with E-state index in [1.807, 2.05) is 0 Å². The zero-order valence-corrected chi connectivity index (χ0v) is 12.4. The summed E-state index contributed by atoms with van der Waals surface area (Å²) in [7, 11) is 3.92. The van der Waals surface area contributed by atoms with Gasteiger partial charge in [-0.2, -0.15) is 0 Å². The van der Waals surface area contributed by atoms with Crippen LogP contribution in [-0.2, 0) is 13.0 Å². The Hall–Kier alpha value is -1.06. The van der Waals surface area contributed by atoms with Crippen LogP contribution in [0.5, 0.6) is 5.75 Å². The van der Waals surface area contributed by atoms with Gasteiger partial charge in [-0.05, 0) is 49.9 Å². The van der Waals surface area contributed by atoms with Crippen LogP contribution < -0.4 is 10.5 Å². The molecule has 1 fully saturated rings. The smallest absolute Gasteiger partial charge is 0.123 e. The number of ether oxygens (including phenoxy) is 1. The van der Waals surface area contributed by atoms with Crippen LogP contribution in [0, 0.1) is 5.41 Å². The monoisotopic (exact) mass is 262 g/mol. The van der Waals surface area contributed by atoms with Crippen molar-refractivity contribution in [1.29, 1.82) is 0 Å². The Morgan fingerprint density at radius 1 is 1.37 bits per heavy atom. The molecular formula is C16H26N2O. The third-order valence-electron chi connectivity index (χ3n) is 4.19. The predicted molar refractivity (Wildman–Crippen MR) is 79.4 cm³/mol. The van der Waals surface area contributed by atoms with Crippen molar-refractivity contribution in [2.75, 3.05) is 27.2 Å². The predicted octanol–water partition coefficient (Wildman–Crippen LogP) is 2.43. The molecule has 0 heterocycles. The lowest BCUT2D eigenvalue weighted by molar-refractivity contribution is 0.255. The maximum Gasteiger partial charge on any atom is 0.123 e. The van der Waals surface area contributed by atoms with Gasteiger partial charge in [0.1, 0.15) is 5.75 Å². The first kappa shape index (κ1) is 14.4. The molecule has 0 aliphatic heterocycles. The molecule has 3 nitrogen and oxygen atoms in total. The van der Waals surface area contributed by atoms with Gasteiger partial charge >= 0.3 is 0 Å². The molecule has 0 bridgehead atoms. The van der Waals surface area contributed by atoms with E-state index in [-0.39, 0.29) is 0 Å². The van der Waals surface area contributed by atoms with Crippen molar-refractivity contribution < 1.29 is 4.74 Å². The highest BCUT2D eigenvalue weighted by Gasteiger charge is 2.41. The van der Waals surface area contributed by atoms with Gasteiger partial charge < -0.3 is 15.4 Å². The van der Waals surface area contributed by atoms with E-state index < -0.39 is 0 Å². The molecule has 0 amide bonds. The van der Waals surface area contributed by atoms with Crippen LogP contribution in [0.3, 0.4) is 0 Å². The second-order valence-electron chi connectivity index (χ2n) is 5.88. The second-order valence-corrected chi connectivity index (χ2v) is 5.88. The lowest BCUT2D eigenvalue weighted by atomic mass is 10.0. The average molecular weight is 262 g/mol. The summed E-state index contributed by atoms with van der Waals surface area (Å²) in [6.45, 7) is 5.01. The summed E-state index contributed by atoms with van der Waals surface area (Å²) in [5, 5.41) is 0. The van der Waals surface area contributed by atoms with Crippen molar-refractivity contribution in [1.82, 2.24) is 4.90 Å². The molecule has 1 saturated carbocycles. The molecule has 1 aliphatic rings. The zero-order chi connectivity index (χ0) is 13.9. The summed E-state index contributed by atoms with van der Waals surface area (Å²) in [6.07, 6.45) is 3.62. The summed E-state index contributed by atoms with van der Waals surface area (Å²) < 4.78 is 5.47. The molecule has 1 aromatic carbocycles. The normalized spacial score (nSPS) is 16.7. The molecule has 0 atom stereocenters. The van der Waals surface area contributed by atoms with E-state index >= 15 is 0 Å². The summed E-state index contributed by atoms with van der Waals surface area (Å²) >= 11 is 0. The van der Waals surface area contributed by atoms with Crippen molar-refractivity contribution in [2.45, 2.75) is 32.7 Å². The summed E-state index contributed by atoms with van der Waals surface area (Å²) in [5.74, 6) is 0.988. The number of nitrogens with zero attached hydrogens (tertiary/aromatic N) is 1. The van der Waals surface area contributed by atoms with Gasteiger partial charge in [0.2, 0.25) is 0 Å². The van der Waals surface area contributed by atoms with E-state index in [9.17, 15) is 0 Å². The highest BCUT2D eigenvalue weighted by Crippen LogP contribution is 2.45. The van der Waals surface area contributed by atoms with Gasteiger partial charge in [-0.3, -0.25) is 0 Å². The van der Waals surface area contributed by atoms with Crippen LogP contribution in [-0.4, -0.2) is 32.1 Å². The van der Waals surface area contributed by atoms with E-state index in [1.165, 1.54) is 24.0 Å². The molecule has 2 rings (SSSR count). The van der Waals surface area contributed by atoms with Crippen LogP contribution in [0.2, 0.25) is 0 Å². The number of nitrogens with two attached hydrogens (primary N) is 1. The van der Waals surface area contributed by atoms with Crippen LogP contribution in [0.1, 0.15) is 30.9 Å². The van der Waals surface area contributed by atoms with Gasteiger partial charge in [0.15, 0.2) is 0 Å². The molecular weight excluding hydrogens is 236 g/mol. The minimum atomic E-state index is 0.393. The van der Waals surface area contributed by atoms with Crippen LogP contribution in [0.4, 0.5) is 0 Å². The third kappa shape index (κ3) is 3.48.